The third-order valence-electron chi connectivity index (χ3n) is 3.74. The third-order valence-corrected chi connectivity index (χ3v) is 3.74. The monoisotopic (exact) mass is 255 g/mol. The fourth-order valence-corrected chi connectivity index (χ4v) is 2.66. The van der Waals surface area contributed by atoms with Crippen LogP contribution in [0.3, 0.4) is 0 Å². The first-order valence-electron chi connectivity index (χ1n) is 7.02. The molecule has 1 atom stereocenters. The molecule has 4 nitrogen and oxygen atoms in total. The minimum Gasteiger partial charge on any atom is -0.481 e. The smallest absolute Gasteiger partial charge is 0.303 e. The Hall–Kier alpha value is -1.06. The van der Waals surface area contributed by atoms with Gasteiger partial charge in [-0.05, 0) is 24.7 Å². The first-order chi connectivity index (χ1) is 8.52. The van der Waals surface area contributed by atoms with E-state index in [0.717, 1.165) is 38.8 Å². The zero-order valence-corrected chi connectivity index (χ0v) is 11.5. The van der Waals surface area contributed by atoms with Crippen LogP contribution in [-0.4, -0.2) is 35.0 Å². The highest BCUT2D eigenvalue weighted by Crippen LogP contribution is 2.22. The normalized spacial score (nSPS) is 18.7. The van der Waals surface area contributed by atoms with E-state index in [9.17, 15) is 9.59 Å². The standard InChI is InChI=1S/C14H25NO3/c1-3-4-11(2)9-13(16)15-7-5-12(6-8-15)10-14(17)18/h11-12H,3-10H2,1-2H3,(H,17,18). The van der Waals surface area contributed by atoms with Crippen LogP contribution in [0.15, 0.2) is 0 Å². The van der Waals surface area contributed by atoms with E-state index in [2.05, 4.69) is 13.8 Å². The molecular weight excluding hydrogens is 230 g/mol. The van der Waals surface area contributed by atoms with E-state index in [1.165, 1.54) is 0 Å². The van der Waals surface area contributed by atoms with Crippen molar-refractivity contribution < 1.29 is 14.7 Å². The van der Waals surface area contributed by atoms with Gasteiger partial charge in [0, 0.05) is 25.9 Å². The van der Waals surface area contributed by atoms with Gasteiger partial charge in [-0.2, -0.15) is 0 Å². The SMILES string of the molecule is CCCC(C)CC(=O)N1CCC(CC(=O)O)CC1. The minimum atomic E-state index is -0.726. The Morgan fingerprint density at radius 1 is 1.33 bits per heavy atom. The van der Waals surface area contributed by atoms with Crippen LogP contribution in [0.2, 0.25) is 0 Å². The molecular formula is C14H25NO3. The first kappa shape index (κ1) is 15.0. The van der Waals surface area contributed by atoms with E-state index in [4.69, 9.17) is 5.11 Å². The molecule has 0 aliphatic carbocycles. The van der Waals surface area contributed by atoms with Crippen molar-refractivity contribution in [1.82, 2.24) is 4.90 Å². The van der Waals surface area contributed by atoms with Crippen LogP contribution in [0.5, 0.6) is 0 Å². The van der Waals surface area contributed by atoms with Gasteiger partial charge in [-0.1, -0.05) is 26.7 Å². The van der Waals surface area contributed by atoms with E-state index in [1.54, 1.807) is 0 Å². The molecule has 1 aliphatic heterocycles. The lowest BCUT2D eigenvalue weighted by Gasteiger charge is -2.32. The summed E-state index contributed by atoms with van der Waals surface area (Å²) in [5.41, 5.74) is 0. The fourth-order valence-electron chi connectivity index (χ4n) is 2.66. The highest BCUT2D eigenvalue weighted by atomic mass is 16.4. The van der Waals surface area contributed by atoms with Crippen molar-refractivity contribution in [1.29, 1.82) is 0 Å². The number of likely N-dealkylation sites (tertiary alicyclic amines) is 1. The maximum absolute atomic E-state index is 12.0. The molecule has 4 heteroatoms. The number of hydrogen-bond acceptors (Lipinski definition) is 2. The highest BCUT2D eigenvalue weighted by molar-refractivity contribution is 5.76. The number of aliphatic carboxylic acids is 1. The molecule has 1 fully saturated rings. The van der Waals surface area contributed by atoms with Gasteiger partial charge in [0.25, 0.3) is 0 Å². The van der Waals surface area contributed by atoms with Gasteiger partial charge in [0.2, 0.25) is 5.91 Å². The molecule has 0 aromatic heterocycles. The van der Waals surface area contributed by atoms with Gasteiger partial charge in [-0.15, -0.1) is 0 Å². The molecule has 1 rings (SSSR count). The molecule has 1 aliphatic rings. The number of carboxylic acids is 1. The fraction of sp³-hybridized carbons (Fsp3) is 0.857. The van der Waals surface area contributed by atoms with Crippen LogP contribution in [0, 0.1) is 11.8 Å². The molecule has 0 bridgehead atoms. The topological polar surface area (TPSA) is 57.6 Å². The van der Waals surface area contributed by atoms with Gasteiger partial charge in [-0.3, -0.25) is 9.59 Å². The van der Waals surface area contributed by atoms with Crippen molar-refractivity contribution in [2.75, 3.05) is 13.1 Å². The summed E-state index contributed by atoms with van der Waals surface area (Å²) in [7, 11) is 0. The molecule has 1 heterocycles. The number of piperidine rings is 1. The Kier molecular flexibility index (Phi) is 6.16. The zero-order valence-electron chi connectivity index (χ0n) is 11.5. The summed E-state index contributed by atoms with van der Waals surface area (Å²) >= 11 is 0. The molecule has 0 aromatic carbocycles. The van der Waals surface area contributed by atoms with Crippen LogP contribution in [0.4, 0.5) is 0 Å². The summed E-state index contributed by atoms with van der Waals surface area (Å²) in [5.74, 6) is 0.222. The van der Waals surface area contributed by atoms with E-state index in [0.29, 0.717) is 12.3 Å². The lowest BCUT2D eigenvalue weighted by Crippen LogP contribution is -2.39. The average molecular weight is 255 g/mol. The Balaban J connectivity index is 2.29. The Bertz CT molecular complexity index is 283. The maximum Gasteiger partial charge on any atom is 0.303 e. The van der Waals surface area contributed by atoms with Gasteiger partial charge in [0.05, 0.1) is 0 Å². The molecule has 1 saturated heterocycles. The van der Waals surface area contributed by atoms with Gasteiger partial charge < -0.3 is 10.0 Å². The lowest BCUT2D eigenvalue weighted by atomic mass is 9.93. The van der Waals surface area contributed by atoms with Crippen molar-refractivity contribution in [2.45, 2.75) is 52.4 Å². The summed E-state index contributed by atoms with van der Waals surface area (Å²) in [6, 6.07) is 0. The molecule has 1 unspecified atom stereocenters. The van der Waals surface area contributed by atoms with Crippen molar-refractivity contribution in [3.05, 3.63) is 0 Å². The third kappa shape index (κ3) is 5.07. The minimum absolute atomic E-state index is 0.240. The van der Waals surface area contributed by atoms with Crippen LogP contribution in [0.1, 0.15) is 52.4 Å². The Labute approximate surface area is 109 Å². The van der Waals surface area contributed by atoms with Crippen LogP contribution >= 0.6 is 0 Å². The number of carbonyl (C=O) groups excluding carboxylic acids is 1. The van der Waals surface area contributed by atoms with E-state index in [1.807, 2.05) is 4.90 Å². The zero-order chi connectivity index (χ0) is 13.5. The van der Waals surface area contributed by atoms with Crippen molar-refractivity contribution in [3.8, 4) is 0 Å². The lowest BCUT2D eigenvalue weighted by molar-refractivity contribution is -0.138. The molecule has 1 N–H and O–H groups in total. The van der Waals surface area contributed by atoms with Gasteiger partial charge in [0.1, 0.15) is 0 Å². The van der Waals surface area contributed by atoms with Crippen molar-refractivity contribution >= 4 is 11.9 Å². The van der Waals surface area contributed by atoms with E-state index < -0.39 is 5.97 Å². The molecule has 104 valence electrons. The maximum atomic E-state index is 12.0. The second-order valence-electron chi connectivity index (χ2n) is 5.52. The summed E-state index contributed by atoms with van der Waals surface area (Å²) in [6.07, 6.45) is 4.77. The second-order valence-corrected chi connectivity index (χ2v) is 5.52. The summed E-state index contributed by atoms with van der Waals surface area (Å²) in [6.45, 7) is 5.72. The average Bonchev–Trinajstić information content (AvgIpc) is 2.29. The number of nitrogens with zero attached hydrogens (tertiary/aromatic N) is 1. The molecule has 0 saturated carbocycles. The van der Waals surface area contributed by atoms with E-state index >= 15 is 0 Å². The van der Waals surface area contributed by atoms with Gasteiger partial charge in [0.15, 0.2) is 0 Å². The van der Waals surface area contributed by atoms with Crippen LogP contribution < -0.4 is 0 Å². The number of amides is 1. The van der Waals surface area contributed by atoms with Crippen molar-refractivity contribution in [2.24, 2.45) is 11.8 Å². The Morgan fingerprint density at radius 2 is 1.94 bits per heavy atom. The Morgan fingerprint density at radius 3 is 2.44 bits per heavy atom. The largest absolute Gasteiger partial charge is 0.481 e. The number of carbonyl (C=O) groups is 2. The quantitative estimate of drug-likeness (QED) is 0.793. The van der Waals surface area contributed by atoms with Crippen LogP contribution in [0.25, 0.3) is 0 Å². The molecule has 0 radical (unpaired) electrons. The van der Waals surface area contributed by atoms with Crippen molar-refractivity contribution in [3.63, 3.8) is 0 Å². The van der Waals surface area contributed by atoms with E-state index in [-0.39, 0.29) is 18.2 Å². The summed E-state index contributed by atoms with van der Waals surface area (Å²) in [4.78, 5) is 24.5. The predicted molar refractivity (Wildman–Crippen MR) is 70.2 cm³/mol. The summed E-state index contributed by atoms with van der Waals surface area (Å²) < 4.78 is 0. The van der Waals surface area contributed by atoms with Gasteiger partial charge >= 0.3 is 5.97 Å². The molecule has 0 spiro atoms. The second kappa shape index (κ2) is 7.39. The number of hydrogen-bond donors (Lipinski definition) is 1. The first-order valence-corrected chi connectivity index (χ1v) is 7.02. The molecule has 0 aromatic rings. The van der Waals surface area contributed by atoms with Crippen LogP contribution in [-0.2, 0) is 9.59 Å². The van der Waals surface area contributed by atoms with Gasteiger partial charge in [-0.25, -0.2) is 0 Å². The highest BCUT2D eigenvalue weighted by Gasteiger charge is 2.24. The predicted octanol–water partition coefficient (Wildman–Crippen LogP) is 2.53. The molecule has 1 amide bonds. The summed E-state index contributed by atoms with van der Waals surface area (Å²) in [5, 5.41) is 8.74. The molecule has 18 heavy (non-hydrogen) atoms. The number of carboxylic acid groups (broad SMARTS) is 1. The number of rotatable bonds is 6.